The molecule has 0 radical (unpaired) electrons. The van der Waals surface area contributed by atoms with Gasteiger partial charge in [-0.15, -0.1) is 0 Å². The molecule has 5 aromatic rings. The first-order chi connectivity index (χ1) is 21.3. The molecule has 0 saturated carbocycles. The van der Waals surface area contributed by atoms with Gasteiger partial charge in [-0.05, 0) is 74.2 Å². The highest BCUT2D eigenvalue weighted by Crippen LogP contribution is 2.40. The Labute approximate surface area is 262 Å². The van der Waals surface area contributed by atoms with E-state index in [1.165, 1.54) is 6.07 Å². The second kappa shape index (κ2) is 12.0. The summed E-state index contributed by atoms with van der Waals surface area (Å²) in [5.74, 6) is 0.821. The Kier molecular flexibility index (Phi) is 7.97. The first kappa shape index (κ1) is 29.1. The number of likely N-dealkylation sites (tertiary alicyclic amines) is 1. The summed E-state index contributed by atoms with van der Waals surface area (Å²) in [4.78, 5) is 18.9. The molecule has 2 fully saturated rings. The van der Waals surface area contributed by atoms with Gasteiger partial charge in [-0.1, -0.05) is 41.4 Å². The fraction of sp³-hybridized carbons (Fsp3) is 0.333. The lowest BCUT2D eigenvalue weighted by atomic mass is 9.88. The molecule has 2 aliphatic heterocycles. The van der Waals surface area contributed by atoms with Crippen molar-refractivity contribution in [3.63, 3.8) is 0 Å². The largest absolute Gasteiger partial charge is 0.487 e. The Hall–Kier alpha value is -3.63. The highest BCUT2D eigenvalue weighted by Gasteiger charge is 2.27. The summed E-state index contributed by atoms with van der Waals surface area (Å²) < 4.78 is 33.2. The number of carboxylic acid groups (broad SMARTS) is 1. The Morgan fingerprint density at radius 1 is 1.07 bits per heavy atom. The van der Waals surface area contributed by atoms with Crippen LogP contribution in [0.15, 0.2) is 59.0 Å². The molecule has 1 N–H and O–H groups in total. The predicted molar refractivity (Wildman–Crippen MR) is 165 cm³/mol. The topological polar surface area (TPSA) is 90.0 Å². The van der Waals surface area contributed by atoms with Gasteiger partial charge in [-0.3, -0.25) is 4.90 Å². The Balaban J connectivity index is 1.07. The van der Waals surface area contributed by atoms with Gasteiger partial charge in [-0.2, -0.15) is 4.39 Å². The minimum Gasteiger partial charge on any atom is -0.487 e. The molecule has 228 valence electrons. The molecule has 8 nitrogen and oxygen atoms in total. The maximum Gasteiger partial charge on any atom is 0.335 e. The summed E-state index contributed by atoms with van der Waals surface area (Å²) >= 11 is 12.9. The molecule has 11 heteroatoms. The van der Waals surface area contributed by atoms with Crippen LogP contribution in [0.4, 0.5) is 4.39 Å². The molecule has 2 aromatic heterocycles. The van der Waals surface area contributed by atoms with Crippen LogP contribution in [0.25, 0.3) is 22.0 Å². The zero-order valence-electron chi connectivity index (χ0n) is 23.8. The lowest BCUT2D eigenvalue weighted by molar-refractivity contribution is -0.0592. The summed E-state index contributed by atoms with van der Waals surface area (Å²) in [6, 6.07) is 15.0. The first-order valence-electron chi connectivity index (χ1n) is 14.7. The Bertz CT molecular complexity index is 1860. The van der Waals surface area contributed by atoms with Gasteiger partial charge < -0.3 is 23.6 Å². The number of benzene rings is 3. The number of piperidine rings is 1. The van der Waals surface area contributed by atoms with Gasteiger partial charge in [0.2, 0.25) is 0 Å². The maximum absolute atomic E-state index is 13.9. The number of hydrogen-bond donors (Lipinski definition) is 1. The molecule has 0 aliphatic carbocycles. The van der Waals surface area contributed by atoms with Gasteiger partial charge in [0.15, 0.2) is 0 Å². The Morgan fingerprint density at radius 2 is 1.89 bits per heavy atom. The molecule has 2 saturated heterocycles. The van der Waals surface area contributed by atoms with Gasteiger partial charge in [0.25, 0.3) is 6.01 Å². The fourth-order valence-corrected chi connectivity index (χ4v) is 6.68. The zero-order valence-corrected chi connectivity index (χ0v) is 25.3. The smallest absolute Gasteiger partial charge is 0.335 e. The number of furan rings is 1. The van der Waals surface area contributed by atoms with Gasteiger partial charge in [0.1, 0.15) is 23.8 Å². The summed E-state index contributed by atoms with van der Waals surface area (Å²) in [7, 11) is 0. The third-order valence-electron chi connectivity index (χ3n) is 8.70. The number of aromatic carboxylic acids is 1. The molecule has 0 amide bonds. The minimum absolute atomic E-state index is 0.113. The number of rotatable bonds is 9. The molecule has 44 heavy (non-hydrogen) atoms. The molecular weight excluding hydrogens is 608 g/mol. The highest BCUT2D eigenvalue weighted by molar-refractivity contribution is 6.35. The van der Waals surface area contributed by atoms with E-state index in [0.717, 1.165) is 61.4 Å². The van der Waals surface area contributed by atoms with E-state index >= 15 is 0 Å². The van der Waals surface area contributed by atoms with Crippen molar-refractivity contribution in [3.8, 4) is 5.75 Å². The molecule has 3 aromatic carbocycles. The van der Waals surface area contributed by atoms with Crippen molar-refractivity contribution < 1.29 is 28.2 Å². The van der Waals surface area contributed by atoms with Crippen LogP contribution in [0.3, 0.4) is 0 Å². The molecule has 2 aliphatic rings. The third kappa shape index (κ3) is 5.65. The lowest BCUT2D eigenvalue weighted by Gasteiger charge is -2.33. The van der Waals surface area contributed by atoms with Crippen molar-refractivity contribution in [2.24, 2.45) is 0 Å². The molecule has 7 rings (SSSR count). The van der Waals surface area contributed by atoms with Crippen molar-refractivity contribution in [1.82, 2.24) is 14.5 Å². The van der Waals surface area contributed by atoms with Crippen molar-refractivity contribution >= 4 is 51.2 Å². The van der Waals surface area contributed by atoms with Crippen molar-refractivity contribution in [1.29, 1.82) is 0 Å². The molecule has 0 unspecified atom stereocenters. The number of ether oxygens (including phenoxy) is 2. The molecular formula is C33H30Cl2FN3O5. The average Bonchev–Trinajstić information content (AvgIpc) is 3.55. The van der Waals surface area contributed by atoms with Crippen molar-refractivity contribution in [3.05, 3.63) is 93.2 Å². The molecule has 0 bridgehead atoms. The van der Waals surface area contributed by atoms with Crippen LogP contribution < -0.4 is 4.74 Å². The van der Waals surface area contributed by atoms with Gasteiger partial charge in [-0.25, -0.2) is 9.78 Å². The molecule has 4 heterocycles. The number of fused-ring (bicyclic) bond motifs is 2. The van der Waals surface area contributed by atoms with E-state index in [2.05, 4.69) is 15.5 Å². The van der Waals surface area contributed by atoms with Crippen LogP contribution in [-0.4, -0.2) is 51.3 Å². The SMILES string of the molecule is O=C(O)c1ccc2nc(CN3CCC(c4cccc(Cl)c4OCc4ccc(Cl)c5cc(F)oc45)CC3)n(C[C@@H]3CCO3)c2c1. The van der Waals surface area contributed by atoms with E-state index < -0.39 is 12.0 Å². The van der Waals surface area contributed by atoms with E-state index in [1.54, 1.807) is 30.3 Å². The van der Waals surface area contributed by atoms with Crippen molar-refractivity contribution in [2.75, 3.05) is 19.7 Å². The second-order valence-corrected chi connectivity index (χ2v) is 12.2. The fourth-order valence-electron chi connectivity index (χ4n) is 6.24. The summed E-state index contributed by atoms with van der Waals surface area (Å²) in [5.41, 5.74) is 3.95. The lowest BCUT2D eigenvalue weighted by Crippen LogP contribution is -2.35. The highest BCUT2D eigenvalue weighted by atomic mass is 35.5. The van der Waals surface area contributed by atoms with E-state index in [-0.39, 0.29) is 24.2 Å². The Morgan fingerprint density at radius 3 is 2.64 bits per heavy atom. The van der Waals surface area contributed by atoms with Gasteiger partial charge in [0, 0.05) is 23.6 Å². The van der Waals surface area contributed by atoms with Crippen LogP contribution in [-0.2, 0) is 24.4 Å². The van der Waals surface area contributed by atoms with Crippen molar-refractivity contribution in [2.45, 2.75) is 51.0 Å². The number of nitrogens with zero attached hydrogens (tertiary/aromatic N) is 3. The minimum atomic E-state index is -0.955. The zero-order chi connectivity index (χ0) is 30.4. The summed E-state index contributed by atoms with van der Waals surface area (Å²) in [6.07, 6.45) is 2.90. The number of imidazole rings is 1. The molecule has 0 spiro atoms. The van der Waals surface area contributed by atoms with E-state index in [0.29, 0.717) is 45.4 Å². The van der Waals surface area contributed by atoms with E-state index in [9.17, 15) is 14.3 Å². The number of aromatic nitrogens is 2. The van der Waals surface area contributed by atoms with Gasteiger partial charge >= 0.3 is 5.97 Å². The number of carbonyl (C=O) groups is 1. The normalized spacial score (nSPS) is 17.8. The standard InChI is InChI=1S/C33H30Cl2FN3O5/c34-25-6-4-21(31-24(25)15-29(36)44-31)18-43-32-23(2-1-3-26(32)35)19-8-11-38(12-9-19)17-30-37-27-7-5-20(33(40)41)14-28(27)39(30)16-22-10-13-42-22/h1-7,14-15,19,22H,8-13,16-18H2,(H,40,41)/t22-/m0/s1. The first-order valence-corrected chi connectivity index (χ1v) is 15.4. The number of halogens is 3. The number of hydrogen-bond acceptors (Lipinski definition) is 6. The second-order valence-electron chi connectivity index (χ2n) is 11.4. The summed E-state index contributed by atoms with van der Waals surface area (Å²) in [6.45, 7) is 3.91. The van der Waals surface area contributed by atoms with Crippen LogP contribution in [0, 0.1) is 6.01 Å². The van der Waals surface area contributed by atoms with E-state index in [1.807, 2.05) is 12.1 Å². The number of para-hydroxylation sites is 1. The molecule has 1 atom stereocenters. The average molecular weight is 639 g/mol. The monoisotopic (exact) mass is 637 g/mol. The quantitative estimate of drug-likeness (QED) is 0.177. The maximum atomic E-state index is 13.9. The third-order valence-corrected chi connectivity index (χ3v) is 9.32. The summed E-state index contributed by atoms with van der Waals surface area (Å²) in [5, 5.41) is 11.0. The predicted octanol–water partition coefficient (Wildman–Crippen LogP) is 7.67. The van der Waals surface area contributed by atoms with E-state index in [4.69, 9.17) is 42.1 Å². The van der Waals surface area contributed by atoms with Gasteiger partial charge in [0.05, 0.1) is 45.8 Å². The van der Waals surface area contributed by atoms with Crippen LogP contribution >= 0.6 is 23.2 Å². The van der Waals surface area contributed by atoms with Crippen LogP contribution in [0.2, 0.25) is 10.0 Å². The van der Waals surface area contributed by atoms with Crippen LogP contribution in [0.1, 0.15) is 52.5 Å². The number of carboxylic acids is 1. The van der Waals surface area contributed by atoms with Crippen LogP contribution in [0.5, 0.6) is 5.75 Å².